The van der Waals surface area contributed by atoms with E-state index in [9.17, 15) is 0 Å². The van der Waals surface area contributed by atoms with Gasteiger partial charge in [0.25, 0.3) is 0 Å². The molecule has 1 aromatic rings. The van der Waals surface area contributed by atoms with Gasteiger partial charge in [-0.15, -0.1) is 0 Å². The van der Waals surface area contributed by atoms with Crippen molar-refractivity contribution in [2.45, 2.75) is 43.8 Å². The Bertz CT molecular complexity index is 481. The largest absolute Gasteiger partial charge is 0.308 e. The molecule has 2 heterocycles. The van der Waals surface area contributed by atoms with Gasteiger partial charge in [0, 0.05) is 36.5 Å². The molecule has 0 spiro atoms. The molecule has 3 aliphatic rings. The van der Waals surface area contributed by atoms with E-state index in [1.807, 2.05) is 0 Å². The first-order valence-corrected chi connectivity index (χ1v) is 9.55. The Kier molecular flexibility index (Phi) is 3.76. The lowest BCUT2D eigenvalue weighted by Crippen LogP contribution is -2.63. The second-order valence-corrected chi connectivity index (χ2v) is 8.34. The monoisotopic (exact) mass is 302 g/mol. The minimum Gasteiger partial charge on any atom is -0.308 e. The molecule has 0 radical (unpaired) electrons. The third-order valence-corrected chi connectivity index (χ3v) is 6.79. The second-order valence-electron chi connectivity index (χ2n) is 7.19. The van der Waals surface area contributed by atoms with E-state index in [1.165, 1.54) is 42.9 Å². The van der Waals surface area contributed by atoms with Crippen LogP contribution in [0.1, 0.15) is 37.8 Å². The van der Waals surface area contributed by atoms with Crippen molar-refractivity contribution >= 4 is 11.8 Å². The van der Waals surface area contributed by atoms with Gasteiger partial charge in [0.2, 0.25) is 0 Å². The fraction of sp³-hybridized carbons (Fsp3) is 0.667. The van der Waals surface area contributed by atoms with Crippen molar-refractivity contribution < 1.29 is 0 Å². The zero-order valence-electron chi connectivity index (χ0n) is 12.9. The van der Waals surface area contributed by atoms with Crippen molar-refractivity contribution in [3.8, 4) is 0 Å². The molecule has 3 heteroatoms. The lowest BCUT2D eigenvalue weighted by Gasteiger charge is -2.49. The van der Waals surface area contributed by atoms with Crippen molar-refractivity contribution in [1.82, 2.24) is 10.2 Å². The molecule has 3 unspecified atom stereocenters. The number of rotatable bonds is 3. The molecule has 0 aromatic heterocycles. The van der Waals surface area contributed by atoms with E-state index in [1.54, 1.807) is 0 Å². The highest BCUT2D eigenvalue weighted by molar-refractivity contribution is 7.99. The summed E-state index contributed by atoms with van der Waals surface area (Å²) in [6.45, 7) is 4.79. The van der Waals surface area contributed by atoms with E-state index in [-0.39, 0.29) is 0 Å². The Hall–Kier alpha value is -0.510. The van der Waals surface area contributed by atoms with Crippen LogP contribution in [0.5, 0.6) is 0 Å². The molecule has 21 heavy (non-hydrogen) atoms. The number of hydrogen-bond donors (Lipinski definition) is 1. The smallest absolute Gasteiger partial charge is 0.0476 e. The summed E-state index contributed by atoms with van der Waals surface area (Å²) >= 11 is 2.14. The van der Waals surface area contributed by atoms with Crippen molar-refractivity contribution in [2.24, 2.45) is 5.92 Å². The van der Waals surface area contributed by atoms with E-state index >= 15 is 0 Å². The highest BCUT2D eigenvalue weighted by Crippen LogP contribution is 2.44. The molecule has 0 amide bonds. The summed E-state index contributed by atoms with van der Waals surface area (Å²) in [6.07, 6.45) is 4.22. The summed E-state index contributed by atoms with van der Waals surface area (Å²) < 4.78 is 0. The van der Waals surface area contributed by atoms with Crippen LogP contribution in [0.3, 0.4) is 0 Å². The van der Waals surface area contributed by atoms with Crippen molar-refractivity contribution in [3.05, 3.63) is 35.9 Å². The van der Waals surface area contributed by atoms with Crippen LogP contribution >= 0.6 is 11.8 Å². The summed E-state index contributed by atoms with van der Waals surface area (Å²) in [5.41, 5.74) is 1.83. The van der Waals surface area contributed by atoms with E-state index < -0.39 is 0 Å². The predicted molar refractivity (Wildman–Crippen MR) is 90.8 cm³/mol. The number of thioether (sulfide) groups is 1. The Balaban J connectivity index is 1.60. The fourth-order valence-corrected chi connectivity index (χ4v) is 5.37. The Labute approximate surface area is 132 Å². The van der Waals surface area contributed by atoms with Gasteiger partial charge in [0.15, 0.2) is 0 Å². The van der Waals surface area contributed by atoms with Crippen LogP contribution in [0.25, 0.3) is 0 Å². The molecule has 0 bridgehead atoms. The lowest BCUT2D eigenvalue weighted by atomic mass is 9.88. The average molecular weight is 302 g/mol. The number of nitrogens with zero attached hydrogens (tertiary/aromatic N) is 1. The maximum Gasteiger partial charge on any atom is 0.0476 e. The summed E-state index contributed by atoms with van der Waals surface area (Å²) in [5, 5.41) is 3.91. The lowest BCUT2D eigenvalue weighted by molar-refractivity contribution is 0.0459. The molecular formula is C18H26N2S. The maximum atomic E-state index is 3.91. The number of benzene rings is 1. The predicted octanol–water partition coefficient (Wildman–Crippen LogP) is 3.31. The first-order chi connectivity index (χ1) is 10.3. The quantitative estimate of drug-likeness (QED) is 0.922. The van der Waals surface area contributed by atoms with Crippen LogP contribution in [-0.2, 0) is 0 Å². The van der Waals surface area contributed by atoms with Gasteiger partial charge in [-0.25, -0.2) is 0 Å². The second kappa shape index (κ2) is 5.60. The minimum absolute atomic E-state index is 0.346. The molecule has 2 saturated heterocycles. The molecule has 1 N–H and O–H groups in total. The van der Waals surface area contributed by atoms with E-state index in [0.29, 0.717) is 11.6 Å². The molecule has 1 saturated carbocycles. The zero-order chi connectivity index (χ0) is 14.3. The van der Waals surface area contributed by atoms with Gasteiger partial charge in [-0.2, -0.15) is 11.8 Å². The number of piperazine rings is 1. The van der Waals surface area contributed by atoms with Gasteiger partial charge < -0.3 is 5.32 Å². The number of nitrogens with one attached hydrogen (secondary N) is 1. The SMILES string of the molecule is CC1(C2CC2)CN(C2CCSC2)C(c2ccccc2)CN1. The standard InChI is InChI=1S/C18H26N2S/c1-18(15-7-8-15)13-20(16-9-10-21-12-16)17(11-19-18)14-5-3-2-4-6-14/h2-6,15-17,19H,7-13H2,1H3. The van der Waals surface area contributed by atoms with Gasteiger partial charge >= 0.3 is 0 Å². The summed E-state index contributed by atoms with van der Waals surface area (Å²) in [4.78, 5) is 2.84. The van der Waals surface area contributed by atoms with E-state index in [4.69, 9.17) is 0 Å². The third kappa shape index (κ3) is 2.76. The van der Waals surface area contributed by atoms with Gasteiger partial charge in [0.1, 0.15) is 0 Å². The molecule has 2 nitrogen and oxygen atoms in total. The van der Waals surface area contributed by atoms with Gasteiger partial charge in [-0.3, -0.25) is 4.90 Å². The van der Waals surface area contributed by atoms with Crippen LogP contribution in [-0.4, -0.2) is 41.1 Å². The van der Waals surface area contributed by atoms with Crippen LogP contribution in [0.15, 0.2) is 30.3 Å². The van der Waals surface area contributed by atoms with Gasteiger partial charge in [-0.05, 0) is 43.4 Å². The molecule has 1 aliphatic carbocycles. The topological polar surface area (TPSA) is 15.3 Å². The zero-order valence-corrected chi connectivity index (χ0v) is 13.7. The maximum absolute atomic E-state index is 3.91. The molecule has 2 aliphatic heterocycles. The van der Waals surface area contributed by atoms with Crippen molar-refractivity contribution in [1.29, 1.82) is 0 Å². The summed E-state index contributed by atoms with van der Waals surface area (Å²) in [6, 6.07) is 12.4. The Morgan fingerprint density at radius 1 is 1.19 bits per heavy atom. The van der Waals surface area contributed by atoms with Crippen LogP contribution in [0, 0.1) is 5.92 Å². The number of hydrogen-bond acceptors (Lipinski definition) is 3. The first-order valence-electron chi connectivity index (χ1n) is 8.40. The summed E-state index contributed by atoms with van der Waals surface area (Å²) in [7, 11) is 0. The highest BCUT2D eigenvalue weighted by Gasteiger charge is 2.47. The first kappa shape index (κ1) is 14.1. The van der Waals surface area contributed by atoms with Crippen molar-refractivity contribution in [2.75, 3.05) is 24.6 Å². The fourth-order valence-electron chi connectivity index (χ4n) is 4.14. The molecule has 3 atom stereocenters. The molecular weight excluding hydrogens is 276 g/mol. The molecule has 1 aromatic carbocycles. The normalized spacial score (nSPS) is 37.8. The Morgan fingerprint density at radius 3 is 2.67 bits per heavy atom. The van der Waals surface area contributed by atoms with E-state index in [2.05, 4.69) is 59.2 Å². The van der Waals surface area contributed by atoms with Crippen LogP contribution in [0.2, 0.25) is 0 Å². The van der Waals surface area contributed by atoms with Crippen LogP contribution < -0.4 is 5.32 Å². The Morgan fingerprint density at radius 2 is 2.00 bits per heavy atom. The highest BCUT2D eigenvalue weighted by atomic mass is 32.2. The van der Waals surface area contributed by atoms with Gasteiger partial charge in [-0.1, -0.05) is 30.3 Å². The van der Waals surface area contributed by atoms with E-state index in [0.717, 1.165) is 18.5 Å². The molecule has 3 fully saturated rings. The minimum atomic E-state index is 0.346. The van der Waals surface area contributed by atoms with Crippen LogP contribution in [0.4, 0.5) is 0 Å². The average Bonchev–Trinajstić information content (AvgIpc) is 3.25. The third-order valence-electron chi connectivity index (χ3n) is 5.65. The van der Waals surface area contributed by atoms with Gasteiger partial charge in [0.05, 0.1) is 0 Å². The van der Waals surface area contributed by atoms with Crippen molar-refractivity contribution in [3.63, 3.8) is 0 Å². The molecule has 114 valence electrons. The molecule has 4 rings (SSSR count). The summed E-state index contributed by atoms with van der Waals surface area (Å²) in [5.74, 6) is 3.58.